The lowest BCUT2D eigenvalue weighted by Gasteiger charge is -1.99. The molecule has 0 atom stereocenters. The normalized spacial score (nSPS) is 9.77. The number of methoxy groups -OCH3 is 1. The van der Waals surface area contributed by atoms with E-state index in [0.717, 1.165) is 5.69 Å². The van der Waals surface area contributed by atoms with Crippen LogP contribution < -0.4 is 0 Å². The molecule has 0 aliphatic rings. The van der Waals surface area contributed by atoms with Gasteiger partial charge in [-0.2, -0.15) is 0 Å². The first-order valence-electron chi connectivity index (χ1n) is 3.81. The maximum atomic E-state index is 11.2. The fourth-order valence-electron chi connectivity index (χ4n) is 1.15. The zero-order valence-corrected chi connectivity index (χ0v) is 7.83. The molecule has 0 N–H and O–H groups in total. The second kappa shape index (κ2) is 3.43. The number of carbonyl (C=O) groups excluding carboxylic acids is 2. The first kappa shape index (κ1) is 9.51. The summed E-state index contributed by atoms with van der Waals surface area (Å²) in [6.07, 6.45) is 0.708. The Bertz CT molecular complexity index is 352. The molecule has 0 amide bonds. The molecule has 70 valence electrons. The van der Waals surface area contributed by atoms with Crippen molar-refractivity contribution < 1.29 is 14.3 Å². The quantitative estimate of drug-likeness (QED) is 0.503. The first-order valence-corrected chi connectivity index (χ1v) is 3.81. The van der Waals surface area contributed by atoms with Crippen molar-refractivity contribution in [2.24, 2.45) is 7.05 Å². The van der Waals surface area contributed by atoms with Gasteiger partial charge in [0, 0.05) is 12.7 Å². The van der Waals surface area contributed by atoms with Gasteiger partial charge in [-0.1, -0.05) is 0 Å². The highest BCUT2D eigenvalue weighted by Crippen LogP contribution is 2.13. The van der Waals surface area contributed by atoms with Gasteiger partial charge in [0.05, 0.1) is 18.4 Å². The van der Waals surface area contributed by atoms with Crippen LogP contribution in [-0.4, -0.2) is 23.9 Å². The molecule has 0 unspecified atom stereocenters. The fourth-order valence-corrected chi connectivity index (χ4v) is 1.15. The molecule has 1 aromatic heterocycles. The molecule has 0 spiro atoms. The van der Waals surface area contributed by atoms with E-state index in [-0.39, 0.29) is 0 Å². The molecule has 4 heteroatoms. The van der Waals surface area contributed by atoms with Gasteiger partial charge in [-0.3, -0.25) is 4.79 Å². The molecule has 0 radical (unpaired) electrons. The van der Waals surface area contributed by atoms with Gasteiger partial charge in [0.15, 0.2) is 6.29 Å². The highest BCUT2D eigenvalue weighted by molar-refractivity contribution is 5.93. The van der Waals surface area contributed by atoms with E-state index in [1.165, 1.54) is 13.2 Å². The molecular formula is C9H11NO3. The molecule has 0 aromatic carbocycles. The summed E-state index contributed by atoms with van der Waals surface area (Å²) < 4.78 is 6.21. The van der Waals surface area contributed by atoms with Crippen LogP contribution >= 0.6 is 0 Å². The SMILES string of the molecule is COC(=O)c1cc(C=O)n(C)c1C. The van der Waals surface area contributed by atoms with Crippen molar-refractivity contribution in [3.63, 3.8) is 0 Å². The number of ether oxygens (including phenoxy) is 1. The lowest BCUT2D eigenvalue weighted by Crippen LogP contribution is -2.03. The number of nitrogens with zero attached hydrogens (tertiary/aromatic N) is 1. The smallest absolute Gasteiger partial charge is 0.339 e. The van der Waals surface area contributed by atoms with Crippen molar-refractivity contribution in [1.82, 2.24) is 4.57 Å². The second-order valence-corrected chi connectivity index (χ2v) is 2.74. The van der Waals surface area contributed by atoms with Crippen molar-refractivity contribution in [3.05, 3.63) is 23.0 Å². The van der Waals surface area contributed by atoms with Crippen molar-refractivity contribution in [1.29, 1.82) is 0 Å². The summed E-state index contributed by atoms with van der Waals surface area (Å²) in [7, 11) is 3.04. The van der Waals surface area contributed by atoms with E-state index in [2.05, 4.69) is 4.74 Å². The topological polar surface area (TPSA) is 48.3 Å². The van der Waals surface area contributed by atoms with Crippen LogP contribution in [0, 0.1) is 6.92 Å². The van der Waals surface area contributed by atoms with Crippen molar-refractivity contribution in [2.75, 3.05) is 7.11 Å². The number of hydrogen-bond donors (Lipinski definition) is 0. The first-order chi connectivity index (χ1) is 6.11. The van der Waals surface area contributed by atoms with Crippen LogP contribution in [0.2, 0.25) is 0 Å². The highest BCUT2D eigenvalue weighted by atomic mass is 16.5. The average molecular weight is 181 g/mol. The fraction of sp³-hybridized carbons (Fsp3) is 0.333. The maximum Gasteiger partial charge on any atom is 0.339 e. The Balaban J connectivity index is 3.24. The Morgan fingerprint density at radius 3 is 2.62 bits per heavy atom. The zero-order valence-electron chi connectivity index (χ0n) is 7.83. The van der Waals surface area contributed by atoms with Gasteiger partial charge in [0.25, 0.3) is 0 Å². The van der Waals surface area contributed by atoms with Crippen molar-refractivity contribution in [2.45, 2.75) is 6.92 Å². The van der Waals surface area contributed by atoms with Gasteiger partial charge in [-0.25, -0.2) is 4.79 Å². The number of rotatable bonds is 2. The minimum atomic E-state index is -0.416. The highest BCUT2D eigenvalue weighted by Gasteiger charge is 2.14. The molecule has 0 aliphatic heterocycles. The molecule has 0 bridgehead atoms. The summed E-state index contributed by atoms with van der Waals surface area (Å²) in [5, 5.41) is 0. The molecule has 13 heavy (non-hydrogen) atoms. The maximum absolute atomic E-state index is 11.2. The van der Waals surface area contributed by atoms with Gasteiger partial charge in [0.1, 0.15) is 0 Å². The van der Waals surface area contributed by atoms with Crippen LogP contribution in [0.15, 0.2) is 6.07 Å². The molecule has 0 saturated carbocycles. The van der Waals surface area contributed by atoms with Crippen LogP contribution in [0.3, 0.4) is 0 Å². The number of carbonyl (C=O) groups is 2. The van der Waals surface area contributed by atoms with E-state index < -0.39 is 5.97 Å². The predicted molar refractivity (Wildman–Crippen MR) is 46.9 cm³/mol. The number of aldehydes is 1. The Labute approximate surface area is 76.1 Å². The van der Waals surface area contributed by atoms with E-state index in [1.54, 1.807) is 18.5 Å². The Hall–Kier alpha value is -1.58. The minimum absolute atomic E-state index is 0.416. The number of aromatic nitrogens is 1. The van der Waals surface area contributed by atoms with Crippen LogP contribution in [0.1, 0.15) is 26.5 Å². The Kier molecular flexibility index (Phi) is 2.51. The molecule has 1 aromatic rings. The predicted octanol–water partition coefficient (Wildman–Crippen LogP) is 0.933. The monoisotopic (exact) mass is 181 g/mol. The Morgan fingerprint density at radius 1 is 1.62 bits per heavy atom. The van der Waals surface area contributed by atoms with Gasteiger partial charge >= 0.3 is 5.97 Å². The van der Waals surface area contributed by atoms with E-state index >= 15 is 0 Å². The lowest BCUT2D eigenvalue weighted by atomic mass is 10.2. The van der Waals surface area contributed by atoms with Crippen molar-refractivity contribution >= 4 is 12.3 Å². The summed E-state index contributed by atoms with van der Waals surface area (Å²) in [6, 6.07) is 1.52. The van der Waals surface area contributed by atoms with E-state index in [9.17, 15) is 9.59 Å². The molecule has 1 heterocycles. The van der Waals surface area contributed by atoms with Gasteiger partial charge in [-0.15, -0.1) is 0 Å². The van der Waals surface area contributed by atoms with Crippen LogP contribution in [0.25, 0.3) is 0 Å². The van der Waals surface area contributed by atoms with Gasteiger partial charge in [0.2, 0.25) is 0 Å². The van der Waals surface area contributed by atoms with Crippen LogP contribution in [-0.2, 0) is 11.8 Å². The van der Waals surface area contributed by atoms with Crippen LogP contribution in [0.5, 0.6) is 0 Å². The lowest BCUT2D eigenvalue weighted by molar-refractivity contribution is 0.0600. The third-order valence-corrected chi connectivity index (χ3v) is 2.10. The molecule has 4 nitrogen and oxygen atoms in total. The number of esters is 1. The summed E-state index contributed by atoms with van der Waals surface area (Å²) in [6.45, 7) is 1.76. The average Bonchev–Trinajstić information content (AvgIpc) is 2.43. The molecule has 0 fully saturated rings. The Morgan fingerprint density at radius 2 is 2.23 bits per heavy atom. The standard InChI is InChI=1S/C9H11NO3/c1-6-8(9(12)13-3)4-7(5-11)10(6)2/h4-5H,1-3H3. The third kappa shape index (κ3) is 1.47. The van der Waals surface area contributed by atoms with Gasteiger partial charge < -0.3 is 9.30 Å². The zero-order chi connectivity index (χ0) is 10.0. The molecule has 1 rings (SSSR count). The van der Waals surface area contributed by atoms with Crippen LogP contribution in [0.4, 0.5) is 0 Å². The van der Waals surface area contributed by atoms with E-state index in [1.807, 2.05) is 0 Å². The van der Waals surface area contributed by atoms with Crippen molar-refractivity contribution in [3.8, 4) is 0 Å². The third-order valence-electron chi connectivity index (χ3n) is 2.10. The summed E-state index contributed by atoms with van der Waals surface area (Å²) in [5.41, 5.74) is 1.64. The largest absolute Gasteiger partial charge is 0.465 e. The van der Waals surface area contributed by atoms with E-state index in [0.29, 0.717) is 17.5 Å². The molecule has 0 aliphatic carbocycles. The van der Waals surface area contributed by atoms with Gasteiger partial charge in [-0.05, 0) is 13.0 Å². The summed E-state index contributed by atoms with van der Waals surface area (Å²) in [4.78, 5) is 21.7. The second-order valence-electron chi connectivity index (χ2n) is 2.74. The summed E-state index contributed by atoms with van der Waals surface area (Å²) in [5.74, 6) is -0.416. The molecule has 0 saturated heterocycles. The number of hydrogen-bond acceptors (Lipinski definition) is 3. The molecular weight excluding hydrogens is 170 g/mol. The minimum Gasteiger partial charge on any atom is -0.465 e. The van der Waals surface area contributed by atoms with E-state index in [4.69, 9.17) is 0 Å². The summed E-state index contributed by atoms with van der Waals surface area (Å²) >= 11 is 0.